The van der Waals surface area contributed by atoms with Gasteiger partial charge in [0.1, 0.15) is 5.76 Å². The minimum Gasteiger partial charge on any atom is -0.467 e. The number of amides is 1. The fourth-order valence-electron chi connectivity index (χ4n) is 2.22. The van der Waals surface area contributed by atoms with E-state index in [4.69, 9.17) is 4.42 Å². The van der Waals surface area contributed by atoms with Gasteiger partial charge in [-0.1, -0.05) is 18.2 Å². The van der Waals surface area contributed by atoms with Crippen LogP contribution in [-0.2, 0) is 6.54 Å². The Morgan fingerprint density at radius 2 is 2.00 bits per heavy atom. The van der Waals surface area contributed by atoms with Crippen molar-refractivity contribution in [2.75, 3.05) is 17.3 Å². The van der Waals surface area contributed by atoms with Gasteiger partial charge in [0.05, 0.1) is 24.1 Å². The van der Waals surface area contributed by atoms with Crippen molar-refractivity contribution in [2.24, 2.45) is 0 Å². The summed E-state index contributed by atoms with van der Waals surface area (Å²) in [5, 5.41) is 3.19. The largest absolute Gasteiger partial charge is 0.467 e. The Hall–Kier alpha value is -3.08. The fraction of sp³-hybridized carbons (Fsp3) is 0.111. The number of hydrogen-bond acceptors (Lipinski definition) is 4. The number of pyridine rings is 1. The number of anilines is 2. The van der Waals surface area contributed by atoms with Gasteiger partial charge in [0.25, 0.3) is 5.91 Å². The molecule has 1 N–H and O–H groups in total. The van der Waals surface area contributed by atoms with Gasteiger partial charge in [-0.05, 0) is 30.3 Å². The summed E-state index contributed by atoms with van der Waals surface area (Å²) in [4.78, 5) is 18.3. The summed E-state index contributed by atoms with van der Waals surface area (Å²) in [5.41, 5.74) is 2.14. The minimum atomic E-state index is -0.106. The molecule has 0 saturated carbocycles. The van der Waals surface area contributed by atoms with Gasteiger partial charge >= 0.3 is 0 Å². The molecule has 2 aromatic heterocycles. The number of hydrogen-bond donors (Lipinski definition) is 1. The number of carbonyl (C=O) groups is 1. The van der Waals surface area contributed by atoms with Gasteiger partial charge in [0.15, 0.2) is 0 Å². The number of rotatable bonds is 5. The zero-order valence-corrected chi connectivity index (χ0v) is 12.8. The Kier molecular flexibility index (Phi) is 4.38. The van der Waals surface area contributed by atoms with Crippen LogP contribution in [0.4, 0.5) is 11.4 Å². The molecule has 0 saturated heterocycles. The molecule has 5 nitrogen and oxygen atoms in total. The highest BCUT2D eigenvalue weighted by molar-refractivity contribution is 6.05. The first-order chi connectivity index (χ1) is 11.2. The predicted octanol–water partition coefficient (Wildman–Crippen LogP) is 3.56. The van der Waals surface area contributed by atoms with Gasteiger partial charge in [0, 0.05) is 25.1 Å². The molecule has 3 aromatic rings. The van der Waals surface area contributed by atoms with Crippen molar-refractivity contribution in [3.05, 3.63) is 78.5 Å². The zero-order valence-electron chi connectivity index (χ0n) is 12.8. The van der Waals surface area contributed by atoms with Crippen molar-refractivity contribution in [1.29, 1.82) is 0 Å². The molecule has 0 aliphatic rings. The van der Waals surface area contributed by atoms with E-state index in [1.54, 1.807) is 36.7 Å². The molecule has 0 radical (unpaired) electrons. The Bertz CT molecular complexity index is 770. The summed E-state index contributed by atoms with van der Waals surface area (Å²) < 4.78 is 5.27. The van der Waals surface area contributed by atoms with Crippen molar-refractivity contribution in [1.82, 2.24) is 4.98 Å². The quantitative estimate of drug-likeness (QED) is 0.783. The van der Waals surface area contributed by atoms with E-state index in [-0.39, 0.29) is 5.91 Å². The van der Waals surface area contributed by atoms with Crippen molar-refractivity contribution in [3.8, 4) is 0 Å². The summed E-state index contributed by atoms with van der Waals surface area (Å²) in [7, 11) is 1.75. The third-order valence-corrected chi connectivity index (χ3v) is 3.48. The smallest absolute Gasteiger partial charge is 0.259 e. The molecule has 23 heavy (non-hydrogen) atoms. The van der Waals surface area contributed by atoms with Crippen LogP contribution in [-0.4, -0.2) is 17.9 Å². The summed E-state index contributed by atoms with van der Waals surface area (Å²) in [5.74, 6) is 0.716. The minimum absolute atomic E-state index is 0.106. The van der Waals surface area contributed by atoms with Crippen LogP contribution in [0.25, 0.3) is 0 Å². The molecular weight excluding hydrogens is 290 g/mol. The highest BCUT2D eigenvalue weighted by Gasteiger charge is 2.14. The Labute approximate surface area is 134 Å². The summed E-state index contributed by atoms with van der Waals surface area (Å²) >= 11 is 0. The maximum Gasteiger partial charge on any atom is 0.259 e. The van der Waals surface area contributed by atoms with Gasteiger partial charge in [-0.15, -0.1) is 0 Å². The standard InChI is InChI=1S/C18H17N3O2/c1-21(16-6-3-2-4-7-16)18(22)14-10-15(12-19-11-14)20-13-17-8-5-9-23-17/h2-12,20H,13H2,1H3. The second-order valence-electron chi connectivity index (χ2n) is 5.09. The van der Waals surface area contributed by atoms with E-state index in [0.29, 0.717) is 12.1 Å². The molecule has 116 valence electrons. The number of nitrogens with zero attached hydrogens (tertiary/aromatic N) is 2. The van der Waals surface area contributed by atoms with Gasteiger partial charge in [0.2, 0.25) is 0 Å². The number of aromatic nitrogens is 1. The molecule has 0 fully saturated rings. The number of nitrogens with one attached hydrogen (secondary N) is 1. The van der Waals surface area contributed by atoms with E-state index >= 15 is 0 Å². The van der Waals surface area contributed by atoms with E-state index < -0.39 is 0 Å². The fourth-order valence-corrected chi connectivity index (χ4v) is 2.22. The third kappa shape index (κ3) is 3.58. The SMILES string of the molecule is CN(C(=O)c1cncc(NCc2ccco2)c1)c1ccccc1. The average Bonchev–Trinajstić information content (AvgIpc) is 3.13. The van der Waals surface area contributed by atoms with Crippen LogP contribution in [0.3, 0.4) is 0 Å². The number of benzene rings is 1. The summed E-state index contributed by atoms with van der Waals surface area (Å²) in [6, 6.07) is 15.0. The van der Waals surface area contributed by atoms with Gasteiger partial charge in [-0.3, -0.25) is 9.78 Å². The maximum atomic E-state index is 12.6. The van der Waals surface area contributed by atoms with Crippen molar-refractivity contribution < 1.29 is 9.21 Å². The van der Waals surface area contributed by atoms with Crippen LogP contribution in [0.1, 0.15) is 16.1 Å². The van der Waals surface area contributed by atoms with E-state index in [1.165, 1.54) is 0 Å². The molecule has 1 amide bonds. The third-order valence-electron chi connectivity index (χ3n) is 3.48. The Morgan fingerprint density at radius 3 is 2.74 bits per heavy atom. The number of carbonyl (C=O) groups excluding carboxylic acids is 1. The van der Waals surface area contributed by atoms with Crippen LogP contribution in [0.2, 0.25) is 0 Å². The highest BCUT2D eigenvalue weighted by atomic mass is 16.3. The van der Waals surface area contributed by atoms with Crippen molar-refractivity contribution in [2.45, 2.75) is 6.54 Å². The van der Waals surface area contributed by atoms with E-state index in [1.807, 2.05) is 42.5 Å². The lowest BCUT2D eigenvalue weighted by Crippen LogP contribution is -2.26. The first-order valence-electron chi connectivity index (χ1n) is 7.28. The normalized spacial score (nSPS) is 10.3. The van der Waals surface area contributed by atoms with Gasteiger partial charge < -0.3 is 14.6 Å². The first kappa shape index (κ1) is 14.8. The second-order valence-corrected chi connectivity index (χ2v) is 5.09. The maximum absolute atomic E-state index is 12.6. The van der Waals surface area contributed by atoms with Gasteiger partial charge in [-0.2, -0.15) is 0 Å². The van der Waals surface area contributed by atoms with Crippen LogP contribution < -0.4 is 10.2 Å². The number of para-hydroxylation sites is 1. The Morgan fingerprint density at radius 1 is 1.17 bits per heavy atom. The average molecular weight is 307 g/mol. The molecule has 0 atom stereocenters. The van der Waals surface area contributed by atoms with Crippen LogP contribution >= 0.6 is 0 Å². The zero-order chi connectivity index (χ0) is 16.1. The highest BCUT2D eigenvalue weighted by Crippen LogP contribution is 2.17. The molecule has 2 heterocycles. The molecule has 0 unspecified atom stereocenters. The van der Waals surface area contributed by atoms with Crippen LogP contribution in [0, 0.1) is 0 Å². The topological polar surface area (TPSA) is 58.4 Å². The van der Waals surface area contributed by atoms with Crippen molar-refractivity contribution in [3.63, 3.8) is 0 Å². The molecule has 0 spiro atoms. The molecule has 1 aromatic carbocycles. The van der Waals surface area contributed by atoms with E-state index in [2.05, 4.69) is 10.3 Å². The van der Waals surface area contributed by atoms with Crippen LogP contribution in [0.5, 0.6) is 0 Å². The second kappa shape index (κ2) is 6.79. The predicted molar refractivity (Wildman–Crippen MR) is 89.4 cm³/mol. The molecule has 5 heteroatoms. The lowest BCUT2D eigenvalue weighted by Gasteiger charge is -2.17. The van der Waals surface area contributed by atoms with Crippen molar-refractivity contribution >= 4 is 17.3 Å². The number of furan rings is 1. The summed E-state index contributed by atoms with van der Waals surface area (Å²) in [6.07, 6.45) is 4.88. The molecule has 0 aliphatic heterocycles. The molecule has 0 aliphatic carbocycles. The van der Waals surface area contributed by atoms with E-state index in [9.17, 15) is 4.79 Å². The molecule has 3 rings (SSSR count). The molecule has 0 bridgehead atoms. The molecular formula is C18H17N3O2. The van der Waals surface area contributed by atoms with Crippen LogP contribution in [0.15, 0.2) is 71.6 Å². The monoisotopic (exact) mass is 307 g/mol. The first-order valence-corrected chi connectivity index (χ1v) is 7.28. The summed E-state index contributed by atoms with van der Waals surface area (Å²) in [6.45, 7) is 0.543. The lowest BCUT2D eigenvalue weighted by atomic mass is 10.2. The van der Waals surface area contributed by atoms with E-state index in [0.717, 1.165) is 17.1 Å². The lowest BCUT2D eigenvalue weighted by molar-refractivity contribution is 0.0992. The van der Waals surface area contributed by atoms with Gasteiger partial charge in [-0.25, -0.2) is 0 Å². The Balaban J connectivity index is 1.72.